The fourth-order valence-corrected chi connectivity index (χ4v) is 4.90. The molecule has 0 saturated carbocycles. The van der Waals surface area contributed by atoms with E-state index in [1.54, 1.807) is 24.3 Å². The Kier molecular flexibility index (Phi) is 5.81. The third-order valence-corrected chi connectivity index (χ3v) is 6.89. The number of piperidine rings is 1. The van der Waals surface area contributed by atoms with Crippen LogP contribution in [0.3, 0.4) is 0 Å². The summed E-state index contributed by atoms with van der Waals surface area (Å²) in [6, 6.07) is 14.2. The number of hydrogen-bond donors (Lipinski definition) is 0. The van der Waals surface area contributed by atoms with Gasteiger partial charge in [0.2, 0.25) is 26.6 Å². The van der Waals surface area contributed by atoms with Crippen molar-refractivity contribution in [1.82, 2.24) is 4.98 Å². The quantitative estimate of drug-likeness (QED) is 0.560. The van der Waals surface area contributed by atoms with Gasteiger partial charge in [0.25, 0.3) is 0 Å². The Morgan fingerprint density at radius 3 is 2.30 bits per heavy atom. The number of benzene rings is 2. The maximum atomic E-state index is 13.4. The zero-order valence-electron chi connectivity index (χ0n) is 17.3. The van der Waals surface area contributed by atoms with Crippen molar-refractivity contribution >= 4 is 15.7 Å². The molecule has 1 aliphatic rings. The number of nitrogens with zero attached hydrogens (tertiary/aromatic N) is 2. The Balaban J connectivity index is 1.78. The van der Waals surface area contributed by atoms with Gasteiger partial charge in [-0.2, -0.15) is 4.98 Å². The largest absolute Gasteiger partial charge is 0.494 e. The summed E-state index contributed by atoms with van der Waals surface area (Å²) in [6.45, 7) is 5.95. The van der Waals surface area contributed by atoms with Crippen LogP contribution in [0.2, 0.25) is 0 Å². The summed E-state index contributed by atoms with van der Waals surface area (Å²) in [5.74, 6) is 1.38. The van der Waals surface area contributed by atoms with Crippen LogP contribution in [0.25, 0.3) is 11.5 Å². The summed E-state index contributed by atoms with van der Waals surface area (Å²) in [5.41, 5.74) is 1.71. The molecule has 0 N–H and O–H groups in total. The molecule has 0 radical (unpaired) electrons. The summed E-state index contributed by atoms with van der Waals surface area (Å²) in [7, 11) is -3.81. The molecule has 1 aromatic heterocycles. The van der Waals surface area contributed by atoms with Crippen molar-refractivity contribution in [3.05, 3.63) is 54.1 Å². The first kappa shape index (κ1) is 20.5. The Labute approximate surface area is 177 Å². The lowest BCUT2D eigenvalue weighted by atomic mass is 10.1. The van der Waals surface area contributed by atoms with Crippen LogP contribution in [0.15, 0.2) is 62.9 Å². The van der Waals surface area contributed by atoms with Crippen molar-refractivity contribution < 1.29 is 17.6 Å². The second-order valence-corrected chi connectivity index (χ2v) is 9.32. The molecule has 30 heavy (non-hydrogen) atoms. The number of anilines is 1. The lowest BCUT2D eigenvalue weighted by Crippen LogP contribution is -2.30. The van der Waals surface area contributed by atoms with Crippen molar-refractivity contribution in [3.63, 3.8) is 0 Å². The predicted molar refractivity (Wildman–Crippen MR) is 116 cm³/mol. The first-order valence-electron chi connectivity index (χ1n) is 10.3. The number of hydrogen-bond acceptors (Lipinski definition) is 6. The van der Waals surface area contributed by atoms with E-state index >= 15 is 0 Å². The van der Waals surface area contributed by atoms with Gasteiger partial charge in [-0.3, -0.25) is 0 Å². The zero-order valence-corrected chi connectivity index (χ0v) is 18.1. The minimum atomic E-state index is -3.81. The summed E-state index contributed by atoms with van der Waals surface area (Å²) < 4.78 is 38.4. The highest BCUT2D eigenvalue weighted by Gasteiger charge is 2.32. The minimum absolute atomic E-state index is 0.0165. The number of aryl methyl sites for hydroxylation is 1. The van der Waals surface area contributed by atoms with Crippen LogP contribution in [0.4, 0.5) is 5.88 Å². The lowest BCUT2D eigenvalue weighted by molar-refractivity contribution is 0.340. The van der Waals surface area contributed by atoms with Crippen LogP contribution in [0.5, 0.6) is 5.75 Å². The Hall–Kier alpha value is -2.80. The van der Waals surface area contributed by atoms with E-state index in [4.69, 9.17) is 9.15 Å². The van der Waals surface area contributed by atoms with Crippen LogP contribution >= 0.6 is 0 Å². The average molecular weight is 427 g/mol. The molecule has 4 rings (SSSR count). The van der Waals surface area contributed by atoms with Crippen LogP contribution in [0.1, 0.15) is 31.7 Å². The van der Waals surface area contributed by atoms with Gasteiger partial charge in [0, 0.05) is 18.7 Å². The molecule has 158 valence electrons. The maximum absolute atomic E-state index is 13.4. The van der Waals surface area contributed by atoms with Crippen molar-refractivity contribution in [3.8, 4) is 17.2 Å². The highest BCUT2D eigenvalue weighted by atomic mass is 32.2. The van der Waals surface area contributed by atoms with Crippen molar-refractivity contribution in [2.45, 2.75) is 43.0 Å². The van der Waals surface area contributed by atoms with E-state index in [9.17, 15) is 8.42 Å². The Bertz CT molecular complexity index is 1100. The van der Waals surface area contributed by atoms with E-state index < -0.39 is 9.84 Å². The Morgan fingerprint density at radius 2 is 1.67 bits per heavy atom. The van der Waals surface area contributed by atoms with Gasteiger partial charge in [-0.1, -0.05) is 17.7 Å². The fourth-order valence-electron chi connectivity index (χ4n) is 3.58. The van der Waals surface area contributed by atoms with E-state index in [0.29, 0.717) is 23.9 Å². The summed E-state index contributed by atoms with van der Waals surface area (Å²) in [6.07, 6.45) is 3.14. The maximum Gasteiger partial charge on any atom is 0.236 e. The molecule has 0 unspecified atom stereocenters. The molecular weight excluding hydrogens is 400 g/mol. The van der Waals surface area contributed by atoms with E-state index in [-0.39, 0.29) is 9.92 Å². The van der Waals surface area contributed by atoms with Gasteiger partial charge in [-0.05, 0) is 69.5 Å². The van der Waals surface area contributed by atoms with E-state index in [0.717, 1.165) is 43.7 Å². The van der Waals surface area contributed by atoms with Crippen LogP contribution in [-0.2, 0) is 9.84 Å². The molecule has 3 aromatic rings. The van der Waals surface area contributed by atoms with Gasteiger partial charge < -0.3 is 14.1 Å². The SMILES string of the molecule is CCOc1ccc(-c2nc(S(=O)(=O)c3ccc(C)cc3)c(N3CCCCC3)o2)cc1. The summed E-state index contributed by atoms with van der Waals surface area (Å²) in [5, 5.41) is -0.0165. The fraction of sp³-hybridized carbons (Fsp3) is 0.348. The number of oxazole rings is 1. The monoisotopic (exact) mass is 426 g/mol. The number of ether oxygens (including phenoxy) is 1. The third-order valence-electron chi connectivity index (χ3n) is 5.22. The third kappa shape index (κ3) is 4.07. The van der Waals surface area contributed by atoms with E-state index in [1.165, 1.54) is 0 Å². The molecule has 1 aliphatic heterocycles. The summed E-state index contributed by atoms with van der Waals surface area (Å²) in [4.78, 5) is 6.68. The first-order chi connectivity index (χ1) is 14.5. The van der Waals surface area contributed by atoms with Crippen molar-refractivity contribution in [2.24, 2.45) is 0 Å². The van der Waals surface area contributed by atoms with Gasteiger partial charge in [0.15, 0.2) is 0 Å². The Morgan fingerprint density at radius 1 is 1.00 bits per heavy atom. The van der Waals surface area contributed by atoms with Gasteiger partial charge >= 0.3 is 0 Å². The molecule has 6 nitrogen and oxygen atoms in total. The number of sulfone groups is 1. The van der Waals surface area contributed by atoms with Crippen LogP contribution < -0.4 is 9.64 Å². The second-order valence-electron chi connectivity index (χ2n) is 7.45. The van der Waals surface area contributed by atoms with Gasteiger partial charge in [0.1, 0.15) is 5.75 Å². The highest BCUT2D eigenvalue weighted by Crippen LogP contribution is 2.36. The van der Waals surface area contributed by atoms with Crippen LogP contribution in [-0.4, -0.2) is 33.1 Å². The second kappa shape index (κ2) is 8.52. The molecule has 0 aliphatic carbocycles. The molecule has 0 atom stereocenters. The minimum Gasteiger partial charge on any atom is -0.494 e. The normalized spacial score (nSPS) is 14.7. The number of aromatic nitrogens is 1. The number of rotatable bonds is 6. The van der Waals surface area contributed by atoms with Crippen LogP contribution in [0, 0.1) is 6.92 Å². The molecule has 2 aromatic carbocycles. The predicted octanol–water partition coefficient (Wildman–Crippen LogP) is 4.87. The highest BCUT2D eigenvalue weighted by molar-refractivity contribution is 7.91. The van der Waals surface area contributed by atoms with Crippen molar-refractivity contribution in [2.75, 3.05) is 24.6 Å². The molecule has 2 heterocycles. The molecule has 0 bridgehead atoms. The standard InChI is InChI=1S/C23H26N2O4S/c1-3-28-19-11-9-18(10-12-19)21-24-22(23(29-21)25-15-5-4-6-16-25)30(26,27)20-13-7-17(2)8-14-20/h7-14H,3-6,15-16H2,1-2H3. The molecule has 1 saturated heterocycles. The first-order valence-corrected chi connectivity index (χ1v) is 11.8. The topological polar surface area (TPSA) is 72.6 Å². The molecule has 1 fully saturated rings. The molecule has 0 amide bonds. The molecular formula is C23H26N2O4S. The lowest BCUT2D eigenvalue weighted by Gasteiger charge is -2.26. The van der Waals surface area contributed by atoms with E-state index in [1.807, 2.05) is 43.0 Å². The molecule has 7 heteroatoms. The zero-order chi connectivity index (χ0) is 21.1. The smallest absolute Gasteiger partial charge is 0.236 e. The van der Waals surface area contributed by atoms with Crippen molar-refractivity contribution in [1.29, 1.82) is 0 Å². The van der Waals surface area contributed by atoms with Gasteiger partial charge in [-0.15, -0.1) is 0 Å². The average Bonchev–Trinajstić information content (AvgIpc) is 3.22. The van der Waals surface area contributed by atoms with Gasteiger partial charge in [0.05, 0.1) is 11.5 Å². The summed E-state index contributed by atoms with van der Waals surface area (Å²) >= 11 is 0. The van der Waals surface area contributed by atoms with Gasteiger partial charge in [-0.25, -0.2) is 8.42 Å². The molecule has 0 spiro atoms. The van der Waals surface area contributed by atoms with E-state index in [2.05, 4.69) is 4.98 Å².